The minimum atomic E-state index is 0.125. The van der Waals surface area contributed by atoms with Crippen LogP contribution in [0.4, 0.5) is 0 Å². The molecule has 0 amide bonds. The second-order valence-corrected chi connectivity index (χ2v) is 9.67. The molecule has 2 atom stereocenters. The van der Waals surface area contributed by atoms with E-state index in [1.165, 1.54) is 39.8 Å². The van der Waals surface area contributed by atoms with Crippen LogP contribution in [0.1, 0.15) is 55.4 Å². The fourth-order valence-electron chi connectivity index (χ4n) is 5.23. The van der Waals surface area contributed by atoms with Crippen LogP contribution in [0.15, 0.2) is 71.6 Å². The van der Waals surface area contributed by atoms with E-state index in [9.17, 15) is 5.11 Å². The van der Waals surface area contributed by atoms with Gasteiger partial charge < -0.3 is 5.11 Å². The van der Waals surface area contributed by atoms with Crippen molar-refractivity contribution in [3.8, 4) is 0 Å². The molecule has 160 valence electrons. The zero-order valence-electron chi connectivity index (χ0n) is 18.6. The van der Waals surface area contributed by atoms with Crippen molar-refractivity contribution < 1.29 is 5.11 Å². The van der Waals surface area contributed by atoms with Crippen LogP contribution in [0, 0.1) is 17.8 Å². The van der Waals surface area contributed by atoms with Crippen LogP contribution in [0.3, 0.4) is 0 Å². The smallest absolute Gasteiger partial charge is 0.0684 e. The number of aryl methyl sites for hydroxylation is 1. The molecule has 1 saturated carbocycles. The summed E-state index contributed by atoms with van der Waals surface area (Å²) in [5.41, 5.74) is 10.7. The number of hydrogen-bond donors (Lipinski definition) is 2. The van der Waals surface area contributed by atoms with E-state index in [0.717, 1.165) is 31.2 Å². The van der Waals surface area contributed by atoms with Gasteiger partial charge >= 0.3 is 0 Å². The maximum Gasteiger partial charge on any atom is 0.0684 e. The van der Waals surface area contributed by atoms with Gasteiger partial charge in [-0.2, -0.15) is 5.10 Å². The number of H-pyrrole nitrogens is 1. The number of aliphatic hydroxyl groups is 1. The monoisotopic (exact) mass is 412 g/mol. The van der Waals surface area contributed by atoms with Crippen LogP contribution in [0.2, 0.25) is 0 Å². The molecule has 1 aromatic carbocycles. The van der Waals surface area contributed by atoms with Crippen LogP contribution < -0.4 is 0 Å². The van der Waals surface area contributed by atoms with E-state index < -0.39 is 0 Å². The molecule has 5 rings (SSSR count). The first-order valence-electron chi connectivity index (χ1n) is 11.7. The highest BCUT2D eigenvalue weighted by atomic mass is 16.3. The molecule has 1 heterocycles. The van der Waals surface area contributed by atoms with Crippen LogP contribution in [0.5, 0.6) is 0 Å². The highest BCUT2D eigenvalue weighted by Gasteiger charge is 2.46. The molecule has 3 aliphatic carbocycles. The number of hydrogen-bond acceptors (Lipinski definition) is 2. The summed E-state index contributed by atoms with van der Waals surface area (Å²) in [6.45, 7) is 4.58. The van der Waals surface area contributed by atoms with Gasteiger partial charge in [-0.15, -0.1) is 0 Å². The highest BCUT2D eigenvalue weighted by Crippen LogP contribution is 2.58. The molecule has 0 saturated heterocycles. The lowest BCUT2D eigenvalue weighted by Crippen LogP contribution is -2.02. The average Bonchev–Trinajstić information content (AvgIpc) is 3.42. The molecule has 0 radical (unpaired) electrons. The quantitative estimate of drug-likeness (QED) is 0.590. The van der Waals surface area contributed by atoms with Gasteiger partial charge in [0.05, 0.1) is 12.8 Å². The maximum atomic E-state index is 9.83. The summed E-state index contributed by atoms with van der Waals surface area (Å²) in [7, 11) is 0. The van der Waals surface area contributed by atoms with Crippen molar-refractivity contribution in [2.75, 3.05) is 0 Å². The van der Waals surface area contributed by atoms with Crippen LogP contribution in [-0.2, 0) is 19.4 Å². The Kier molecular flexibility index (Phi) is 5.54. The highest BCUT2D eigenvalue weighted by molar-refractivity contribution is 5.78. The molecule has 2 unspecified atom stereocenters. The summed E-state index contributed by atoms with van der Waals surface area (Å²) >= 11 is 0. The van der Waals surface area contributed by atoms with Gasteiger partial charge in [-0.3, -0.25) is 5.10 Å². The molecular weight excluding hydrogens is 380 g/mol. The summed E-state index contributed by atoms with van der Waals surface area (Å²) in [5, 5.41) is 17.0. The summed E-state index contributed by atoms with van der Waals surface area (Å²) < 4.78 is 0. The molecule has 3 nitrogen and oxygen atoms in total. The van der Waals surface area contributed by atoms with E-state index in [4.69, 9.17) is 0 Å². The topological polar surface area (TPSA) is 48.9 Å². The van der Waals surface area contributed by atoms with E-state index in [0.29, 0.717) is 17.8 Å². The summed E-state index contributed by atoms with van der Waals surface area (Å²) in [5.74, 6) is 1.96. The molecule has 1 fully saturated rings. The number of nitrogens with one attached hydrogen (secondary N) is 1. The van der Waals surface area contributed by atoms with Gasteiger partial charge in [-0.05, 0) is 83.3 Å². The van der Waals surface area contributed by atoms with Crippen LogP contribution >= 0.6 is 0 Å². The summed E-state index contributed by atoms with van der Waals surface area (Å²) in [4.78, 5) is 0. The molecule has 31 heavy (non-hydrogen) atoms. The second kappa shape index (κ2) is 8.47. The van der Waals surface area contributed by atoms with Crippen molar-refractivity contribution in [1.29, 1.82) is 0 Å². The Labute approximate surface area is 185 Å². The normalized spacial score (nSPS) is 22.1. The second-order valence-electron chi connectivity index (χ2n) is 9.67. The minimum Gasteiger partial charge on any atom is -0.392 e. The molecule has 2 N–H and O–H groups in total. The number of benzene rings is 1. The van der Waals surface area contributed by atoms with Crippen LogP contribution in [0.25, 0.3) is 5.57 Å². The Balaban J connectivity index is 1.33. The van der Waals surface area contributed by atoms with E-state index in [1.54, 1.807) is 5.57 Å². The van der Waals surface area contributed by atoms with Gasteiger partial charge in [0.1, 0.15) is 0 Å². The van der Waals surface area contributed by atoms with Crippen molar-refractivity contribution in [3.63, 3.8) is 0 Å². The van der Waals surface area contributed by atoms with Gasteiger partial charge in [0.25, 0.3) is 0 Å². The van der Waals surface area contributed by atoms with Gasteiger partial charge in [-0.25, -0.2) is 0 Å². The molecule has 1 aromatic heterocycles. The third kappa shape index (κ3) is 4.24. The number of nitrogens with zero attached hydrogens (tertiary/aromatic N) is 1. The van der Waals surface area contributed by atoms with Crippen molar-refractivity contribution in [1.82, 2.24) is 10.2 Å². The molecule has 2 aromatic rings. The average molecular weight is 413 g/mol. The zero-order chi connectivity index (χ0) is 21.4. The first kappa shape index (κ1) is 20.3. The number of fused-ring (bicyclic) bond motifs is 3. The number of rotatable bonds is 7. The predicted octanol–water partition coefficient (Wildman–Crippen LogP) is 5.95. The van der Waals surface area contributed by atoms with Crippen molar-refractivity contribution in [2.45, 2.75) is 52.6 Å². The van der Waals surface area contributed by atoms with Gasteiger partial charge in [-0.1, -0.05) is 61.9 Å². The molecule has 3 heteroatoms. The standard InChI is InChI=1S/C28H32N2O/c1-18(2)10-21-9-8-20(12-23(21)17-31)7-6-19-4-3-5-25-22(11-19)13-26(28-14-27(25)28)24-15-29-30-16-24/h4-5,8-9,11-13,15-16,18,27-28,31H,3,6-7,10,14,17H2,1-2H3,(H,29,30). The summed E-state index contributed by atoms with van der Waals surface area (Å²) in [6, 6.07) is 6.67. The Bertz CT molecular complexity index is 1080. The van der Waals surface area contributed by atoms with E-state index in [-0.39, 0.29) is 6.61 Å². The van der Waals surface area contributed by atoms with Crippen LogP contribution in [-0.4, -0.2) is 15.3 Å². The number of aromatic nitrogens is 2. The fourth-order valence-corrected chi connectivity index (χ4v) is 5.23. The fraction of sp³-hybridized carbons (Fsp3) is 0.393. The van der Waals surface area contributed by atoms with E-state index in [2.05, 4.69) is 66.5 Å². The largest absolute Gasteiger partial charge is 0.392 e. The summed E-state index contributed by atoms with van der Waals surface area (Å²) in [6.07, 6.45) is 19.0. The van der Waals surface area contributed by atoms with Crippen molar-refractivity contribution >= 4 is 5.57 Å². The lowest BCUT2D eigenvalue weighted by Gasteiger charge is -2.17. The third-order valence-electron chi connectivity index (χ3n) is 6.90. The van der Waals surface area contributed by atoms with Gasteiger partial charge in [0.15, 0.2) is 0 Å². The Morgan fingerprint density at radius 2 is 1.94 bits per heavy atom. The third-order valence-corrected chi connectivity index (χ3v) is 6.90. The predicted molar refractivity (Wildman–Crippen MR) is 126 cm³/mol. The Morgan fingerprint density at radius 3 is 2.71 bits per heavy atom. The molecule has 0 spiro atoms. The lowest BCUT2D eigenvalue weighted by molar-refractivity contribution is 0.280. The molecule has 0 aliphatic heterocycles. The minimum absolute atomic E-state index is 0.125. The van der Waals surface area contributed by atoms with Crippen molar-refractivity contribution in [3.05, 3.63) is 93.9 Å². The Morgan fingerprint density at radius 1 is 1.06 bits per heavy atom. The Hall–Kier alpha value is -2.65. The number of aromatic amines is 1. The lowest BCUT2D eigenvalue weighted by atomic mass is 9.87. The SMILES string of the molecule is CC(C)Cc1ccc(CCC2=CCC=C3C(=C2)C=C(c2cn[nH]c2)C2CC32)cc1CO. The maximum absolute atomic E-state index is 9.83. The first-order chi connectivity index (χ1) is 15.1. The van der Waals surface area contributed by atoms with Crippen molar-refractivity contribution in [2.24, 2.45) is 17.8 Å². The number of aliphatic hydroxyl groups excluding tert-OH is 1. The molecular formula is C28H32N2O. The molecule has 3 aliphatic rings. The van der Waals surface area contributed by atoms with E-state index in [1.807, 2.05) is 12.4 Å². The molecule has 0 bridgehead atoms. The number of allylic oxidation sites excluding steroid dienone is 8. The van der Waals surface area contributed by atoms with Gasteiger partial charge in [0, 0.05) is 11.8 Å². The van der Waals surface area contributed by atoms with Gasteiger partial charge in [0.2, 0.25) is 0 Å². The van der Waals surface area contributed by atoms with E-state index >= 15 is 0 Å². The zero-order valence-corrected chi connectivity index (χ0v) is 18.6. The first-order valence-corrected chi connectivity index (χ1v) is 11.7.